The fourth-order valence-corrected chi connectivity index (χ4v) is 5.75. The maximum atomic E-state index is 13.7. The van der Waals surface area contributed by atoms with E-state index in [4.69, 9.17) is 9.84 Å². The molecule has 0 bridgehead atoms. The molecule has 3 aliphatic heterocycles. The number of ether oxygens (including phenoxy) is 1. The second kappa shape index (κ2) is 11.0. The van der Waals surface area contributed by atoms with Gasteiger partial charge in [-0.25, -0.2) is 14.2 Å². The van der Waals surface area contributed by atoms with Gasteiger partial charge in [-0.3, -0.25) is 4.79 Å². The Balaban J connectivity index is 1.11. The van der Waals surface area contributed by atoms with Crippen LogP contribution in [0.2, 0.25) is 0 Å². The van der Waals surface area contributed by atoms with Gasteiger partial charge in [-0.2, -0.15) is 10.2 Å². The molecule has 42 heavy (non-hydrogen) atoms. The van der Waals surface area contributed by atoms with Crippen molar-refractivity contribution in [3.63, 3.8) is 0 Å². The zero-order chi connectivity index (χ0) is 28.5. The van der Waals surface area contributed by atoms with Crippen LogP contribution in [0.5, 0.6) is 0 Å². The maximum absolute atomic E-state index is 13.7. The topological polar surface area (TPSA) is 87.2 Å². The van der Waals surface area contributed by atoms with Crippen LogP contribution in [0.25, 0.3) is 27.8 Å². The number of aromatic nitrogens is 5. The number of para-hydroxylation sites is 1. The number of hydrogen-bond donors (Lipinski definition) is 0. The van der Waals surface area contributed by atoms with E-state index in [1.165, 1.54) is 0 Å². The number of benzene rings is 3. The zero-order valence-electron chi connectivity index (χ0n) is 23.0. The number of fused-ring (bicyclic) bond motifs is 3. The number of carbonyl (C=O) groups excluding carboxylic acids is 1. The first-order chi connectivity index (χ1) is 20.6. The summed E-state index contributed by atoms with van der Waals surface area (Å²) in [5, 5.41) is 10.1. The molecule has 0 saturated carbocycles. The van der Waals surface area contributed by atoms with E-state index in [0.29, 0.717) is 43.7 Å². The summed E-state index contributed by atoms with van der Waals surface area (Å²) in [7, 11) is 0. The van der Waals surface area contributed by atoms with E-state index in [2.05, 4.69) is 27.9 Å². The fourth-order valence-electron chi connectivity index (χ4n) is 5.75. The first-order valence-corrected chi connectivity index (χ1v) is 14.2. The van der Waals surface area contributed by atoms with Crippen LogP contribution in [0.1, 0.15) is 30.0 Å². The van der Waals surface area contributed by atoms with Gasteiger partial charge in [0.2, 0.25) is 0 Å². The molecule has 0 aliphatic carbocycles. The first-order valence-electron chi connectivity index (χ1n) is 14.2. The van der Waals surface area contributed by atoms with Crippen LogP contribution in [0.4, 0.5) is 4.79 Å². The normalized spacial score (nSPS) is 14.0. The van der Waals surface area contributed by atoms with Gasteiger partial charge in [-0.15, -0.1) is 0 Å². The third-order valence-electron chi connectivity index (χ3n) is 7.99. The molecule has 1 amide bonds. The van der Waals surface area contributed by atoms with Crippen molar-refractivity contribution in [3.05, 3.63) is 125 Å². The second-order valence-electron chi connectivity index (χ2n) is 10.7. The molecule has 9 heteroatoms. The molecule has 1 aromatic heterocycles. The van der Waals surface area contributed by atoms with Crippen molar-refractivity contribution in [2.24, 2.45) is 0 Å². The van der Waals surface area contributed by atoms with Crippen molar-refractivity contribution >= 4 is 17.0 Å². The molecular weight excluding hydrogens is 528 g/mol. The van der Waals surface area contributed by atoms with E-state index < -0.39 is 0 Å². The van der Waals surface area contributed by atoms with Crippen molar-refractivity contribution in [1.29, 1.82) is 0 Å². The molecule has 0 radical (unpaired) electrons. The smallest absolute Gasteiger partial charge is 0.410 e. The summed E-state index contributed by atoms with van der Waals surface area (Å²) in [6.07, 6.45) is 6.57. The number of rotatable bonds is 6. The number of likely N-dealkylation sites (tertiary alicyclic amines) is 1. The van der Waals surface area contributed by atoms with Crippen molar-refractivity contribution < 1.29 is 9.53 Å². The Kier molecular flexibility index (Phi) is 6.75. The molecule has 0 spiro atoms. The van der Waals surface area contributed by atoms with Gasteiger partial charge in [0.1, 0.15) is 12.3 Å². The van der Waals surface area contributed by atoms with Gasteiger partial charge in [-0.05, 0) is 48.2 Å². The molecule has 1 saturated heterocycles. The van der Waals surface area contributed by atoms with Crippen LogP contribution >= 0.6 is 0 Å². The Bertz CT molecular complexity index is 1850. The predicted octanol–water partition coefficient (Wildman–Crippen LogP) is 5.51. The maximum Gasteiger partial charge on any atom is 0.410 e. The molecule has 1 fully saturated rings. The quantitative estimate of drug-likeness (QED) is 0.269. The Morgan fingerprint density at radius 1 is 0.881 bits per heavy atom. The number of hydrogen-bond acceptors (Lipinski definition) is 5. The van der Waals surface area contributed by atoms with Gasteiger partial charge in [0, 0.05) is 43.6 Å². The number of amides is 1. The summed E-state index contributed by atoms with van der Waals surface area (Å²) in [4.78, 5) is 28.1. The first kappa shape index (κ1) is 25.8. The van der Waals surface area contributed by atoms with Crippen molar-refractivity contribution in [2.45, 2.75) is 32.0 Å². The van der Waals surface area contributed by atoms with Crippen molar-refractivity contribution in [3.8, 4) is 16.9 Å². The lowest BCUT2D eigenvalue weighted by atomic mass is 10.1. The molecule has 0 unspecified atom stereocenters. The summed E-state index contributed by atoms with van der Waals surface area (Å²) in [5.41, 5.74) is 5.30. The van der Waals surface area contributed by atoms with E-state index in [9.17, 15) is 9.59 Å². The third-order valence-corrected chi connectivity index (χ3v) is 7.99. The molecule has 4 heterocycles. The molecule has 9 nitrogen and oxygen atoms in total. The second-order valence-corrected chi connectivity index (χ2v) is 10.7. The molecule has 4 aromatic rings. The van der Waals surface area contributed by atoms with Crippen LogP contribution in [-0.4, -0.2) is 48.2 Å². The summed E-state index contributed by atoms with van der Waals surface area (Å²) in [6, 6.07) is 27.8. The Hall–Kier alpha value is -5.18. The number of carbonyl (C=O) groups is 1. The van der Waals surface area contributed by atoms with E-state index in [-0.39, 0.29) is 24.3 Å². The van der Waals surface area contributed by atoms with Gasteiger partial charge >= 0.3 is 6.09 Å². The van der Waals surface area contributed by atoms with Gasteiger partial charge < -0.3 is 14.2 Å². The summed E-state index contributed by atoms with van der Waals surface area (Å²) < 4.78 is 11.1. The van der Waals surface area contributed by atoms with Crippen LogP contribution in [0.3, 0.4) is 0 Å². The minimum Gasteiger partial charge on any atom is -0.445 e. The van der Waals surface area contributed by atoms with E-state index in [1.54, 1.807) is 15.8 Å². The van der Waals surface area contributed by atoms with E-state index in [1.807, 2.05) is 83.8 Å². The molecule has 3 aliphatic rings. The summed E-state index contributed by atoms with van der Waals surface area (Å²) in [5.74, 6) is 0. The zero-order valence-corrected chi connectivity index (χ0v) is 23.0. The summed E-state index contributed by atoms with van der Waals surface area (Å²) in [6.45, 7) is 1.90. The molecule has 0 atom stereocenters. The standard InChI is InChI=1S/C33H30N6O3/c40-32-29-22-37(21-24-11-13-26(14-12-24)38-18-6-17-34-38)30-10-5-4-9-28(30)31(29)35-39(32)27-15-19-36(20-16-27)33(41)42-23-25-7-2-1-3-8-25/h1-14,17-18,22,27H,15-16,19-21,23H2. The fraction of sp³-hybridized carbons (Fsp3) is 0.212. The SMILES string of the molecule is O=C(OCc1ccccc1)N1CCC(n2nc3c4ccccc4n(Cc4ccc(-n5cccn5)cc4)cc-3c2=O)CC1. The Morgan fingerprint density at radius 2 is 1.64 bits per heavy atom. The number of piperidine rings is 1. The van der Waals surface area contributed by atoms with Gasteiger partial charge in [0.25, 0.3) is 5.56 Å². The molecule has 3 aromatic carbocycles. The highest BCUT2D eigenvalue weighted by molar-refractivity contribution is 5.93. The van der Waals surface area contributed by atoms with Crippen LogP contribution in [0, 0.1) is 0 Å². The number of nitrogens with zero attached hydrogens (tertiary/aromatic N) is 6. The van der Waals surface area contributed by atoms with Gasteiger partial charge in [0.15, 0.2) is 0 Å². The molecular formula is C33H30N6O3. The molecule has 210 valence electrons. The monoisotopic (exact) mass is 558 g/mol. The molecule has 7 rings (SSSR count). The average molecular weight is 559 g/mol. The Morgan fingerprint density at radius 3 is 2.40 bits per heavy atom. The summed E-state index contributed by atoms with van der Waals surface area (Å²) >= 11 is 0. The molecule has 0 N–H and O–H groups in total. The van der Waals surface area contributed by atoms with Gasteiger partial charge in [0.05, 0.1) is 22.8 Å². The van der Waals surface area contributed by atoms with Crippen LogP contribution < -0.4 is 5.56 Å². The minimum atomic E-state index is -0.324. The van der Waals surface area contributed by atoms with Crippen LogP contribution in [0.15, 0.2) is 108 Å². The Labute approximate surface area is 242 Å². The van der Waals surface area contributed by atoms with Gasteiger partial charge in [-0.1, -0.05) is 60.7 Å². The minimum absolute atomic E-state index is 0.0786. The van der Waals surface area contributed by atoms with Crippen molar-refractivity contribution in [1.82, 2.24) is 29.0 Å². The van der Waals surface area contributed by atoms with E-state index >= 15 is 0 Å². The average Bonchev–Trinajstić information content (AvgIpc) is 3.70. The predicted molar refractivity (Wildman–Crippen MR) is 160 cm³/mol. The lowest BCUT2D eigenvalue weighted by Crippen LogP contribution is -2.40. The van der Waals surface area contributed by atoms with E-state index in [0.717, 1.165) is 27.7 Å². The highest BCUT2D eigenvalue weighted by atomic mass is 16.6. The van der Waals surface area contributed by atoms with Crippen molar-refractivity contribution in [2.75, 3.05) is 13.1 Å². The van der Waals surface area contributed by atoms with Crippen LogP contribution in [-0.2, 0) is 17.9 Å². The largest absolute Gasteiger partial charge is 0.445 e. The number of pyridine rings is 1. The third kappa shape index (κ3) is 4.94. The lowest BCUT2D eigenvalue weighted by Gasteiger charge is -2.31. The highest BCUT2D eigenvalue weighted by Gasteiger charge is 2.29. The lowest BCUT2D eigenvalue weighted by molar-refractivity contribution is 0.0819. The highest BCUT2D eigenvalue weighted by Crippen LogP contribution is 2.30.